The van der Waals surface area contributed by atoms with E-state index in [-0.39, 0.29) is 24.1 Å². The molecule has 3 amide bonds. The highest BCUT2D eigenvalue weighted by Crippen LogP contribution is 2.34. The number of anilines is 2. The molecule has 152 valence electrons. The smallest absolute Gasteiger partial charge is 0.256 e. The van der Waals surface area contributed by atoms with Crippen LogP contribution in [0.2, 0.25) is 0 Å². The Hall–Kier alpha value is -3.55. The maximum atomic E-state index is 12.8. The van der Waals surface area contributed by atoms with Crippen LogP contribution in [-0.2, 0) is 9.59 Å². The van der Waals surface area contributed by atoms with Gasteiger partial charge in [-0.05, 0) is 36.4 Å². The SMILES string of the molecule is COc1ccc(N2C(=O)C[C@@H](Nc3ccc(C(=O)N(C)C)cc3)C2=O)cc1OC. The van der Waals surface area contributed by atoms with E-state index < -0.39 is 6.04 Å². The minimum Gasteiger partial charge on any atom is -0.493 e. The molecule has 0 bridgehead atoms. The van der Waals surface area contributed by atoms with Gasteiger partial charge in [-0.3, -0.25) is 14.4 Å². The molecule has 1 aliphatic heterocycles. The molecule has 1 heterocycles. The van der Waals surface area contributed by atoms with Crippen molar-refractivity contribution in [3.05, 3.63) is 48.0 Å². The summed E-state index contributed by atoms with van der Waals surface area (Å²) in [7, 11) is 6.37. The highest BCUT2D eigenvalue weighted by molar-refractivity contribution is 6.23. The molecule has 2 aromatic rings. The number of imide groups is 1. The summed E-state index contributed by atoms with van der Waals surface area (Å²) in [4.78, 5) is 40.0. The zero-order valence-electron chi connectivity index (χ0n) is 16.8. The zero-order valence-corrected chi connectivity index (χ0v) is 16.8. The molecular formula is C21H23N3O5. The molecule has 0 spiro atoms. The predicted octanol–water partition coefficient (Wildman–Crippen LogP) is 2.15. The highest BCUT2D eigenvalue weighted by atomic mass is 16.5. The molecule has 8 heteroatoms. The van der Waals surface area contributed by atoms with Gasteiger partial charge < -0.3 is 19.7 Å². The number of carbonyl (C=O) groups excluding carboxylic acids is 3. The number of rotatable bonds is 6. The fraction of sp³-hybridized carbons (Fsp3) is 0.286. The molecule has 8 nitrogen and oxygen atoms in total. The fourth-order valence-corrected chi connectivity index (χ4v) is 3.15. The van der Waals surface area contributed by atoms with Gasteiger partial charge in [-0.25, -0.2) is 4.90 Å². The first-order chi connectivity index (χ1) is 13.8. The Balaban J connectivity index is 1.76. The van der Waals surface area contributed by atoms with Gasteiger partial charge in [-0.1, -0.05) is 0 Å². The molecule has 1 N–H and O–H groups in total. The number of ether oxygens (including phenoxy) is 2. The van der Waals surface area contributed by atoms with Crippen LogP contribution >= 0.6 is 0 Å². The Morgan fingerprint density at radius 1 is 1.03 bits per heavy atom. The van der Waals surface area contributed by atoms with Crippen molar-refractivity contribution in [1.29, 1.82) is 0 Å². The molecule has 1 aliphatic rings. The summed E-state index contributed by atoms with van der Waals surface area (Å²) < 4.78 is 10.5. The Bertz CT molecular complexity index is 940. The number of carbonyl (C=O) groups is 3. The summed E-state index contributed by atoms with van der Waals surface area (Å²) in [5, 5.41) is 3.07. The number of nitrogens with zero attached hydrogens (tertiary/aromatic N) is 2. The van der Waals surface area contributed by atoms with Crippen LogP contribution in [-0.4, -0.2) is 57.0 Å². The van der Waals surface area contributed by atoms with Crippen LogP contribution in [0, 0.1) is 0 Å². The second-order valence-corrected chi connectivity index (χ2v) is 6.78. The minimum atomic E-state index is -0.689. The first-order valence-corrected chi connectivity index (χ1v) is 9.02. The van der Waals surface area contributed by atoms with E-state index in [1.165, 1.54) is 19.1 Å². The van der Waals surface area contributed by atoms with E-state index in [1.807, 2.05) is 0 Å². The Morgan fingerprint density at radius 2 is 1.69 bits per heavy atom. The van der Waals surface area contributed by atoms with Gasteiger partial charge in [0.1, 0.15) is 6.04 Å². The Kier molecular flexibility index (Phi) is 5.72. The molecule has 0 unspecified atom stereocenters. The standard InChI is InChI=1S/C21H23N3O5/c1-23(2)20(26)13-5-7-14(8-6-13)22-16-12-19(25)24(21(16)27)15-9-10-17(28-3)18(11-15)29-4/h5-11,16,22H,12H2,1-4H3/t16-/m1/s1. The van der Waals surface area contributed by atoms with Crippen LogP contribution in [0.15, 0.2) is 42.5 Å². The molecule has 3 rings (SSSR count). The van der Waals surface area contributed by atoms with E-state index in [4.69, 9.17) is 9.47 Å². The first-order valence-electron chi connectivity index (χ1n) is 9.02. The summed E-state index contributed by atoms with van der Waals surface area (Å²) in [6, 6.07) is 11.0. The van der Waals surface area contributed by atoms with Crippen LogP contribution in [0.1, 0.15) is 16.8 Å². The molecule has 0 saturated carbocycles. The van der Waals surface area contributed by atoms with Crippen molar-refractivity contribution < 1.29 is 23.9 Å². The average molecular weight is 397 g/mol. The maximum Gasteiger partial charge on any atom is 0.256 e. The molecule has 0 radical (unpaired) electrons. The third-order valence-electron chi connectivity index (χ3n) is 4.65. The van der Waals surface area contributed by atoms with Crippen molar-refractivity contribution in [2.75, 3.05) is 38.5 Å². The van der Waals surface area contributed by atoms with Crippen molar-refractivity contribution >= 4 is 29.1 Å². The van der Waals surface area contributed by atoms with E-state index in [9.17, 15) is 14.4 Å². The lowest BCUT2D eigenvalue weighted by Crippen LogP contribution is -2.34. The van der Waals surface area contributed by atoms with Crippen LogP contribution in [0.5, 0.6) is 11.5 Å². The summed E-state index contributed by atoms with van der Waals surface area (Å²) in [5.41, 5.74) is 1.62. The molecule has 1 atom stereocenters. The van der Waals surface area contributed by atoms with Gasteiger partial charge in [0.25, 0.3) is 11.8 Å². The van der Waals surface area contributed by atoms with E-state index in [1.54, 1.807) is 56.6 Å². The predicted molar refractivity (Wildman–Crippen MR) is 109 cm³/mol. The van der Waals surface area contributed by atoms with Crippen molar-refractivity contribution in [3.8, 4) is 11.5 Å². The van der Waals surface area contributed by atoms with Gasteiger partial charge in [0.15, 0.2) is 11.5 Å². The average Bonchev–Trinajstić information content (AvgIpc) is 3.00. The van der Waals surface area contributed by atoms with E-state index in [0.717, 1.165) is 4.90 Å². The van der Waals surface area contributed by atoms with Crippen molar-refractivity contribution in [2.24, 2.45) is 0 Å². The minimum absolute atomic E-state index is 0.0333. The summed E-state index contributed by atoms with van der Waals surface area (Å²) in [6.07, 6.45) is 0.0333. The van der Waals surface area contributed by atoms with Crippen LogP contribution < -0.4 is 19.7 Å². The molecule has 29 heavy (non-hydrogen) atoms. The van der Waals surface area contributed by atoms with Gasteiger partial charge in [-0.2, -0.15) is 0 Å². The number of methoxy groups -OCH3 is 2. The monoisotopic (exact) mass is 397 g/mol. The van der Waals surface area contributed by atoms with Gasteiger partial charge >= 0.3 is 0 Å². The third kappa shape index (κ3) is 4.01. The molecule has 2 aromatic carbocycles. The highest BCUT2D eigenvalue weighted by Gasteiger charge is 2.39. The van der Waals surface area contributed by atoms with E-state index in [0.29, 0.717) is 28.4 Å². The third-order valence-corrected chi connectivity index (χ3v) is 4.65. The van der Waals surface area contributed by atoms with Crippen LogP contribution in [0.25, 0.3) is 0 Å². The summed E-state index contributed by atoms with van der Waals surface area (Å²) in [6.45, 7) is 0. The molecule has 0 aliphatic carbocycles. The Labute approximate surface area is 169 Å². The summed E-state index contributed by atoms with van der Waals surface area (Å²) in [5.74, 6) is 0.179. The van der Waals surface area contributed by atoms with Gasteiger partial charge in [0.05, 0.1) is 26.3 Å². The first kappa shape index (κ1) is 20.2. The molecular weight excluding hydrogens is 374 g/mol. The number of hydrogen-bond donors (Lipinski definition) is 1. The van der Waals surface area contributed by atoms with Crippen LogP contribution in [0.4, 0.5) is 11.4 Å². The lowest BCUT2D eigenvalue weighted by atomic mass is 10.1. The maximum absolute atomic E-state index is 12.8. The van der Waals surface area contributed by atoms with Gasteiger partial charge in [-0.15, -0.1) is 0 Å². The van der Waals surface area contributed by atoms with Crippen molar-refractivity contribution in [2.45, 2.75) is 12.5 Å². The zero-order chi connectivity index (χ0) is 21.1. The fourth-order valence-electron chi connectivity index (χ4n) is 3.15. The number of benzene rings is 2. The lowest BCUT2D eigenvalue weighted by Gasteiger charge is -2.18. The number of nitrogens with one attached hydrogen (secondary N) is 1. The largest absolute Gasteiger partial charge is 0.493 e. The molecule has 0 aromatic heterocycles. The second kappa shape index (κ2) is 8.22. The van der Waals surface area contributed by atoms with Crippen LogP contribution in [0.3, 0.4) is 0 Å². The molecule has 1 fully saturated rings. The number of hydrogen-bond acceptors (Lipinski definition) is 6. The van der Waals surface area contributed by atoms with Gasteiger partial charge in [0, 0.05) is 31.4 Å². The normalized spacial score (nSPS) is 16.0. The second-order valence-electron chi connectivity index (χ2n) is 6.78. The van der Waals surface area contributed by atoms with Crippen molar-refractivity contribution in [3.63, 3.8) is 0 Å². The van der Waals surface area contributed by atoms with Gasteiger partial charge in [0.2, 0.25) is 5.91 Å². The quantitative estimate of drug-likeness (QED) is 0.752. The van der Waals surface area contributed by atoms with Crippen molar-refractivity contribution in [1.82, 2.24) is 4.90 Å². The lowest BCUT2D eigenvalue weighted by molar-refractivity contribution is -0.121. The topological polar surface area (TPSA) is 88.2 Å². The molecule has 1 saturated heterocycles. The van der Waals surface area contributed by atoms with E-state index in [2.05, 4.69) is 5.32 Å². The Morgan fingerprint density at radius 3 is 2.28 bits per heavy atom. The number of amides is 3. The van der Waals surface area contributed by atoms with E-state index >= 15 is 0 Å². The summed E-state index contributed by atoms with van der Waals surface area (Å²) >= 11 is 0.